The molecule has 1 fully saturated rings. The Labute approximate surface area is 209 Å². The lowest BCUT2D eigenvalue weighted by atomic mass is 10.0. The van der Waals surface area contributed by atoms with Crippen LogP contribution in [-0.4, -0.2) is 70.0 Å². The summed E-state index contributed by atoms with van der Waals surface area (Å²) in [7, 11) is 0. The number of hydrogen-bond donors (Lipinski definition) is 1. The van der Waals surface area contributed by atoms with E-state index in [4.69, 9.17) is 9.26 Å². The van der Waals surface area contributed by atoms with Crippen molar-refractivity contribution in [2.45, 2.75) is 39.5 Å². The van der Waals surface area contributed by atoms with Crippen LogP contribution in [0.1, 0.15) is 23.2 Å². The molecule has 0 spiro atoms. The number of benzene rings is 2. The highest BCUT2D eigenvalue weighted by Gasteiger charge is 2.27. The molecule has 35 heavy (non-hydrogen) atoms. The average Bonchev–Trinajstić information content (AvgIpc) is 3.40. The summed E-state index contributed by atoms with van der Waals surface area (Å²) in [4.78, 5) is 9.31. The van der Waals surface area contributed by atoms with Crippen LogP contribution in [-0.2, 0) is 6.54 Å². The first kappa shape index (κ1) is 23.9. The molecule has 0 saturated carbocycles. The first-order chi connectivity index (χ1) is 17.0. The Hall–Kier alpha value is -2.78. The van der Waals surface area contributed by atoms with Gasteiger partial charge in [0.1, 0.15) is 18.5 Å². The van der Waals surface area contributed by atoms with Gasteiger partial charge in [0.2, 0.25) is 0 Å². The van der Waals surface area contributed by atoms with Crippen LogP contribution in [0.15, 0.2) is 53.1 Å². The van der Waals surface area contributed by atoms with Crippen LogP contribution >= 0.6 is 11.3 Å². The Morgan fingerprint density at radius 1 is 1.17 bits per heavy atom. The largest absolute Gasteiger partial charge is 0.491 e. The van der Waals surface area contributed by atoms with Crippen molar-refractivity contribution < 1.29 is 14.4 Å². The van der Waals surface area contributed by atoms with E-state index < -0.39 is 6.10 Å². The molecule has 184 valence electrons. The normalized spacial score (nSPS) is 18.2. The predicted octanol–water partition coefficient (Wildman–Crippen LogP) is 4.51. The molecule has 1 aliphatic rings. The van der Waals surface area contributed by atoms with E-state index in [0.29, 0.717) is 12.6 Å². The number of hydrogen-bond acceptors (Lipinski definition) is 8. The SMILES string of the molecule is Cc1nc2cc(OC[C@@H](O)CN3CCN(Cc4c(C)noc4-c4ccccc4)[C@@H](C)C3)ccc2s1. The Balaban J connectivity index is 1.13. The molecule has 8 heteroatoms. The summed E-state index contributed by atoms with van der Waals surface area (Å²) < 4.78 is 12.7. The van der Waals surface area contributed by atoms with E-state index in [9.17, 15) is 5.11 Å². The quantitative estimate of drug-likeness (QED) is 0.388. The zero-order valence-corrected chi connectivity index (χ0v) is 21.3. The summed E-state index contributed by atoms with van der Waals surface area (Å²) in [5.74, 6) is 1.61. The lowest BCUT2D eigenvalue weighted by Gasteiger charge is -2.40. The van der Waals surface area contributed by atoms with Crippen LogP contribution in [0.3, 0.4) is 0 Å². The Morgan fingerprint density at radius 3 is 2.80 bits per heavy atom. The molecule has 1 N–H and O–H groups in total. The maximum atomic E-state index is 10.6. The van der Waals surface area contributed by atoms with E-state index in [0.717, 1.165) is 69.7 Å². The van der Waals surface area contributed by atoms with Gasteiger partial charge in [-0.2, -0.15) is 0 Å². The number of piperazine rings is 1. The fourth-order valence-electron chi connectivity index (χ4n) is 4.72. The van der Waals surface area contributed by atoms with Crippen LogP contribution in [0.4, 0.5) is 0 Å². The van der Waals surface area contributed by atoms with Crippen molar-refractivity contribution in [3.05, 3.63) is 64.8 Å². The molecule has 4 aromatic rings. The molecular formula is C27H32N4O3S. The summed E-state index contributed by atoms with van der Waals surface area (Å²) in [6.07, 6.45) is -0.549. The zero-order chi connectivity index (χ0) is 24.4. The lowest BCUT2D eigenvalue weighted by Crippen LogP contribution is -2.53. The summed E-state index contributed by atoms with van der Waals surface area (Å²) in [6.45, 7) is 10.6. The Bertz CT molecular complexity index is 1270. The molecule has 0 unspecified atom stereocenters. The molecule has 1 aliphatic heterocycles. The van der Waals surface area contributed by atoms with Crippen molar-refractivity contribution in [3.63, 3.8) is 0 Å². The Morgan fingerprint density at radius 2 is 2.00 bits per heavy atom. The minimum atomic E-state index is -0.549. The number of ether oxygens (including phenoxy) is 1. The van der Waals surface area contributed by atoms with Crippen LogP contribution in [0.5, 0.6) is 5.75 Å². The fraction of sp³-hybridized carbons (Fsp3) is 0.407. The second kappa shape index (κ2) is 10.5. The number of aliphatic hydroxyl groups is 1. The highest BCUT2D eigenvalue weighted by molar-refractivity contribution is 7.18. The monoisotopic (exact) mass is 492 g/mol. The highest BCUT2D eigenvalue weighted by atomic mass is 32.1. The topological polar surface area (TPSA) is 74.9 Å². The molecule has 0 amide bonds. The second-order valence-corrected chi connectivity index (χ2v) is 10.6. The van der Waals surface area contributed by atoms with Gasteiger partial charge >= 0.3 is 0 Å². The molecule has 2 atom stereocenters. The van der Waals surface area contributed by atoms with Crippen molar-refractivity contribution in [1.82, 2.24) is 19.9 Å². The maximum absolute atomic E-state index is 10.6. The molecule has 2 aromatic carbocycles. The highest BCUT2D eigenvalue weighted by Crippen LogP contribution is 2.29. The smallest absolute Gasteiger partial charge is 0.171 e. The number of aliphatic hydroxyl groups excluding tert-OH is 1. The number of β-amino-alcohol motifs (C(OH)–C–C–N with tert-alkyl or cyclic N) is 1. The standard InChI is InChI=1S/C27H32N4O3S/c1-18-14-30(15-22(32)17-33-23-9-10-26-25(13-23)28-20(3)35-26)11-12-31(18)16-24-19(2)29-34-27(24)21-7-5-4-6-8-21/h4-10,13,18,22,32H,11-12,14-17H2,1-3H3/t18-,22-/m0/s1. The number of aryl methyl sites for hydroxylation is 2. The third-order valence-electron chi connectivity index (χ3n) is 6.61. The van der Waals surface area contributed by atoms with Gasteiger partial charge in [-0.05, 0) is 32.9 Å². The first-order valence-corrected chi connectivity index (χ1v) is 12.9. The third-order valence-corrected chi connectivity index (χ3v) is 7.56. The van der Waals surface area contributed by atoms with Gasteiger partial charge in [0.15, 0.2) is 5.76 Å². The Kier molecular flexibility index (Phi) is 7.15. The minimum Gasteiger partial charge on any atom is -0.491 e. The molecule has 0 radical (unpaired) electrons. The van der Waals surface area contributed by atoms with Crippen molar-refractivity contribution in [2.75, 3.05) is 32.8 Å². The summed E-state index contributed by atoms with van der Waals surface area (Å²) in [5.41, 5.74) is 4.10. The minimum absolute atomic E-state index is 0.267. The van der Waals surface area contributed by atoms with E-state index in [1.807, 2.05) is 50.2 Å². The van der Waals surface area contributed by atoms with Gasteiger partial charge in [-0.25, -0.2) is 4.98 Å². The number of thiazole rings is 1. The van der Waals surface area contributed by atoms with Gasteiger partial charge in [0, 0.05) is 56.0 Å². The number of fused-ring (bicyclic) bond motifs is 1. The number of aromatic nitrogens is 2. The lowest BCUT2D eigenvalue weighted by molar-refractivity contribution is 0.0256. The summed E-state index contributed by atoms with van der Waals surface area (Å²) in [6, 6.07) is 16.4. The van der Waals surface area contributed by atoms with Gasteiger partial charge in [-0.3, -0.25) is 9.80 Å². The molecule has 0 bridgehead atoms. The molecule has 0 aliphatic carbocycles. The predicted molar refractivity (Wildman–Crippen MR) is 139 cm³/mol. The first-order valence-electron chi connectivity index (χ1n) is 12.1. The van der Waals surface area contributed by atoms with Gasteiger partial charge < -0.3 is 14.4 Å². The fourth-order valence-corrected chi connectivity index (χ4v) is 5.53. The molecule has 3 heterocycles. The van der Waals surface area contributed by atoms with Crippen LogP contribution in [0.2, 0.25) is 0 Å². The van der Waals surface area contributed by atoms with Crippen molar-refractivity contribution in [1.29, 1.82) is 0 Å². The molecule has 1 saturated heterocycles. The molecule has 5 rings (SSSR count). The third kappa shape index (κ3) is 5.56. The van der Waals surface area contributed by atoms with E-state index >= 15 is 0 Å². The number of nitrogens with zero attached hydrogens (tertiary/aromatic N) is 4. The maximum Gasteiger partial charge on any atom is 0.171 e. The van der Waals surface area contributed by atoms with Gasteiger partial charge in [0.05, 0.1) is 20.9 Å². The zero-order valence-electron chi connectivity index (χ0n) is 20.5. The van der Waals surface area contributed by atoms with Crippen molar-refractivity contribution in [2.24, 2.45) is 0 Å². The van der Waals surface area contributed by atoms with Crippen LogP contribution in [0, 0.1) is 13.8 Å². The van der Waals surface area contributed by atoms with Gasteiger partial charge in [-0.1, -0.05) is 35.5 Å². The van der Waals surface area contributed by atoms with E-state index in [1.54, 1.807) is 11.3 Å². The summed E-state index contributed by atoms with van der Waals surface area (Å²) in [5, 5.41) is 15.9. The average molecular weight is 493 g/mol. The van der Waals surface area contributed by atoms with E-state index in [-0.39, 0.29) is 6.61 Å². The summed E-state index contributed by atoms with van der Waals surface area (Å²) >= 11 is 1.67. The van der Waals surface area contributed by atoms with Crippen LogP contribution < -0.4 is 4.74 Å². The molecule has 7 nitrogen and oxygen atoms in total. The van der Waals surface area contributed by atoms with E-state index in [2.05, 4.69) is 39.0 Å². The number of rotatable bonds is 8. The van der Waals surface area contributed by atoms with Gasteiger partial charge in [0.25, 0.3) is 0 Å². The van der Waals surface area contributed by atoms with Gasteiger partial charge in [-0.15, -0.1) is 11.3 Å². The molecule has 2 aromatic heterocycles. The van der Waals surface area contributed by atoms with Crippen molar-refractivity contribution >= 4 is 21.6 Å². The van der Waals surface area contributed by atoms with Crippen LogP contribution in [0.25, 0.3) is 21.5 Å². The van der Waals surface area contributed by atoms with E-state index in [1.165, 1.54) is 0 Å². The second-order valence-electron chi connectivity index (χ2n) is 9.35. The molecular weight excluding hydrogens is 460 g/mol. The van der Waals surface area contributed by atoms with Crippen molar-refractivity contribution in [3.8, 4) is 17.1 Å².